The number of carbonyl (C=O) groups is 1. The quantitative estimate of drug-likeness (QED) is 0.692. The summed E-state index contributed by atoms with van der Waals surface area (Å²) in [6, 6.07) is 15.1. The first-order valence-electron chi connectivity index (χ1n) is 9.26. The molecular formula is C21H22N4O3. The number of fused-ring (bicyclic) bond motifs is 1. The minimum absolute atomic E-state index is 0.0131. The first-order chi connectivity index (χ1) is 13.7. The van der Waals surface area contributed by atoms with E-state index in [0.717, 1.165) is 24.5 Å². The number of benzene rings is 2. The van der Waals surface area contributed by atoms with Gasteiger partial charge in [-0.1, -0.05) is 12.1 Å². The van der Waals surface area contributed by atoms with Crippen molar-refractivity contribution in [1.82, 2.24) is 14.5 Å². The Bertz CT molecular complexity index is 1040. The zero-order valence-electron chi connectivity index (χ0n) is 15.7. The summed E-state index contributed by atoms with van der Waals surface area (Å²) in [5.41, 5.74) is 1.57. The summed E-state index contributed by atoms with van der Waals surface area (Å²) in [5.74, 6) is 0.764. The smallest absolute Gasteiger partial charge is 0.261 e. The lowest BCUT2D eigenvalue weighted by Crippen LogP contribution is -2.50. The molecule has 144 valence electrons. The van der Waals surface area contributed by atoms with Gasteiger partial charge in [0.15, 0.2) is 0 Å². The van der Waals surface area contributed by atoms with Crippen LogP contribution in [0.25, 0.3) is 10.9 Å². The molecule has 0 aliphatic carbocycles. The van der Waals surface area contributed by atoms with E-state index in [9.17, 15) is 9.59 Å². The zero-order valence-corrected chi connectivity index (χ0v) is 15.7. The van der Waals surface area contributed by atoms with E-state index in [1.807, 2.05) is 35.2 Å². The highest BCUT2D eigenvalue weighted by atomic mass is 16.5. The molecule has 1 amide bonds. The Labute approximate surface area is 162 Å². The van der Waals surface area contributed by atoms with E-state index in [0.29, 0.717) is 24.0 Å². The van der Waals surface area contributed by atoms with Crippen molar-refractivity contribution in [3.8, 4) is 5.75 Å². The van der Waals surface area contributed by atoms with Crippen molar-refractivity contribution >= 4 is 22.5 Å². The fraction of sp³-hybridized carbons (Fsp3) is 0.286. The van der Waals surface area contributed by atoms with Crippen LogP contribution in [0.5, 0.6) is 5.75 Å². The van der Waals surface area contributed by atoms with Crippen molar-refractivity contribution in [2.75, 3.05) is 38.2 Å². The van der Waals surface area contributed by atoms with Crippen LogP contribution in [-0.4, -0.2) is 53.6 Å². The van der Waals surface area contributed by atoms with Gasteiger partial charge in [-0.3, -0.25) is 14.2 Å². The highest BCUT2D eigenvalue weighted by Crippen LogP contribution is 2.20. The predicted molar refractivity (Wildman–Crippen MR) is 108 cm³/mol. The summed E-state index contributed by atoms with van der Waals surface area (Å²) in [6.07, 6.45) is 1.45. The Balaban J connectivity index is 1.40. The number of methoxy groups -OCH3 is 1. The third-order valence-electron chi connectivity index (χ3n) is 5.11. The second-order valence-corrected chi connectivity index (χ2v) is 6.76. The molecule has 1 aromatic heterocycles. The fourth-order valence-electron chi connectivity index (χ4n) is 3.47. The average molecular weight is 378 g/mol. The lowest BCUT2D eigenvalue weighted by molar-refractivity contribution is -0.132. The number of amides is 1. The number of hydrogen-bond donors (Lipinski definition) is 0. The second-order valence-electron chi connectivity index (χ2n) is 6.76. The molecular weight excluding hydrogens is 356 g/mol. The van der Waals surface area contributed by atoms with Crippen molar-refractivity contribution in [2.45, 2.75) is 6.54 Å². The molecule has 0 spiro atoms. The molecule has 0 bridgehead atoms. The molecule has 0 N–H and O–H groups in total. The van der Waals surface area contributed by atoms with Gasteiger partial charge in [0.2, 0.25) is 5.91 Å². The topological polar surface area (TPSA) is 67.7 Å². The third kappa shape index (κ3) is 3.55. The summed E-state index contributed by atoms with van der Waals surface area (Å²) in [5, 5.41) is 0.530. The van der Waals surface area contributed by atoms with Gasteiger partial charge in [-0.2, -0.15) is 0 Å². The van der Waals surface area contributed by atoms with Crippen molar-refractivity contribution in [1.29, 1.82) is 0 Å². The lowest BCUT2D eigenvalue weighted by Gasteiger charge is -2.36. The van der Waals surface area contributed by atoms with Crippen molar-refractivity contribution in [3.63, 3.8) is 0 Å². The van der Waals surface area contributed by atoms with Crippen LogP contribution in [0.15, 0.2) is 59.7 Å². The van der Waals surface area contributed by atoms with Gasteiger partial charge in [-0.15, -0.1) is 0 Å². The van der Waals surface area contributed by atoms with E-state index in [1.54, 1.807) is 25.3 Å². The Morgan fingerprint density at radius 2 is 1.75 bits per heavy atom. The maximum Gasteiger partial charge on any atom is 0.261 e. The van der Waals surface area contributed by atoms with Crippen molar-refractivity contribution in [2.24, 2.45) is 0 Å². The molecule has 28 heavy (non-hydrogen) atoms. The standard InChI is InChI=1S/C21H22N4O3/c1-28-17-8-6-16(7-9-17)23-10-12-24(13-11-23)20(26)14-25-15-22-19-5-3-2-4-18(19)21(25)27/h2-9,15H,10-14H2,1H3. The van der Waals surface area contributed by atoms with Gasteiger partial charge in [0, 0.05) is 31.9 Å². The SMILES string of the molecule is COc1ccc(N2CCN(C(=O)Cn3cnc4ccccc4c3=O)CC2)cc1. The highest BCUT2D eigenvalue weighted by molar-refractivity contribution is 5.79. The van der Waals surface area contributed by atoms with E-state index in [-0.39, 0.29) is 18.0 Å². The molecule has 4 rings (SSSR count). The summed E-state index contributed by atoms with van der Waals surface area (Å²) < 4.78 is 6.58. The van der Waals surface area contributed by atoms with Gasteiger partial charge in [0.05, 0.1) is 24.3 Å². The molecule has 1 saturated heterocycles. The molecule has 7 nitrogen and oxygen atoms in total. The third-order valence-corrected chi connectivity index (χ3v) is 5.11. The van der Waals surface area contributed by atoms with Crippen LogP contribution in [-0.2, 0) is 11.3 Å². The molecule has 0 saturated carbocycles. The lowest BCUT2D eigenvalue weighted by atomic mass is 10.2. The number of rotatable bonds is 4. The number of carbonyl (C=O) groups excluding carboxylic acids is 1. The zero-order chi connectivity index (χ0) is 19.5. The number of nitrogens with zero attached hydrogens (tertiary/aromatic N) is 4. The molecule has 1 aliphatic rings. The number of para-hydroxylation sites is 1. The van der Waals surface area contributed by atoms with E-state index in [1.165, 1.54) is 10.9 Å². The molecule has 3 aromatic rings. The van der Waals surface area contributed by atoms with Gasteiger partial charge >= 0.3 is 0 Å². The molecule has 2 heterocycles. The largest absolute Gasteiger partial charge is 0.497 e. The molecule has 2 aromatic carbocycles. The molecule has 0 atom stereocenters. The summed E-state index contributed by atoms with van der Waals surface area (Å²) in [7, 11) is 1.65. The molecule has 0 radical (unpaired) electrons. The summed E-state index contributed by atoms with van der Waals surface area (Å²) in [6.45, 7) is 2.77. The van der Waals surface area contributed by atoms with Crippen LogP contribution >= 0.6 is 0 Å². The molecule has 7 heteroatoms. The second kappa shape index (κ2) is 7.72. The maximum atomic E-state index is 12.7. The van der Waals surface area contributed by atoms with E-state index >= 15 is 0 Å². The van der Waals surface area contributed by atoms with Crippen LogP contribution in [0.4, 0.5) is 5.69 Å². The van der Waals surface area contributed by atoms with Crippen LogP contribution in [0.1, 0.15) is 0 Å². The van der Waals surface area contributed by atoms with Gasteiger partial charge in [0.1, 0.15) is 12.3 Å². The van der Waals surface area contributed by atoms with Crippen LogP contribution < -0.4 is 15.2 Å². The van der Waals surface area contributed by atoms with Crippen LogP contribution in [0.3, 0.4) is 0 Å². The number of aromatic nitrogens is 2. The van der Waals surface area contributed by atoms with Crippen molar-refractivity contribution < 1.29 is 9.53 Å². The number of anilines is 1. The fourth-order valence-corrected chi connectivity index (χ4v) is 3.47. The first kappa shape index (κ1) is 18.0. The van der Waals surface area contributed by atoms with E-state index in [4.69, 9.17) is 4.74 Å². The minimum atomic E-state index is -0.184. The number of ether oxygens (including phenoxy) is 1. The Morgan fingerprint density at radius 3 is 2.46 bits per heavy atom. The van der Waals surface area contributed by atoms with E-state index < -0.39 is 0 Å². The highest BCUT2D eigenvalue weighted by Gasteiger charge is 2.22. The predicted octanol–water partition coefficient (Wildman–Crippen LogP) is 1.75. The Kier molecular flexibility index (Phi) is 4.97. The van der Waals surface area contributed by atoms with Crippen molar-refractivity contribution in [3.05, 3.63) is 65.2 Å². The number of piperazine rings is 1. The molecule has 0 unspecified atom stereocenters. The first-order valence-corrected chi connectivity index (χ1v) is 9.26. The summed E-state index contributed by atoms with van der Waals surface area (Å²) in [4.78, 5) is 33.6. The molecule has 1 fully saturated rings. The monoisotopic (exact) mass is 378 g/mol. The molecule has 1 aliphatic heterocycles. The van der Waals surface area contributed by atoms with Gasteiger partial charge in [0.25, 0.3) is 5.56 Å². The average Bonchev–Trinajstić information content (AvgIpc) is 2.76. The normalized spacial score (nSPS) is 14.3. The Hall–Kier alpha value is -3.35. The van der Waals surface area contributed by atoms with Gasteiger partial charge < -0.3 is 14.5 Å². The minimum Gasteiger partial charge on any atom is -0.497 e. The van der Waals surface area contributed by atoms with Crippen LogP contribution in [0, 0.1) is 0 Å². The summed E-state index contributed by atoms with van der Waals surface area (Å²) >= 11 is 0. The van der Waals surface area contributed by atoms with Gasteiger partial charge in [-0.25, -0.2) is 4.98 Å². The van der Waals surface area contributed by atoms with Gasteiger partial charge in [-0.05, 0) is 36.4 Å². The van der Waals surface area contributed by atoms with E-state index in [2.05, 4.69) is 9.88 Å². The number of hydrogen-bond acceptors (Lipinski definition) is 5. The maximum absolute atomic E-state index is 12.7. The van der Waals surface area contributed by atoms with Crippen LogP contribution in [0.2, 0.25) is 0 Å². The Morgan fingerprint density at radius 1 is 1.04 bits per heavy atom.